The number of alkyl carbamates (subject to hydrolysis) is 1. The number of likely N-dealkylation sites (tertiary alicyclic amines) is 1. The predicted molar refractivity (Wildman–Crippen MR) is 175 cm³/mol. The molecular weight excluding hydrogens is 641 g/mol. The van der Waals surface area contributed by atoms with Gasteiger partial charge >= 0.3 is 18.2 Å². The van der Waals surface area contributed by atoms with Gasteiger partial charge < -0.3 is 29.4 Å². The number of nitrogens with zero attached hydrogens (tertiary/aromatic N) is 2. The molecule has 1 aromatic heterocycles. The Labute approximate surface area is 284 Å². The van der Waals surface area contributed by atoms with E-state index in [2.05, 4.69) is 15.3 Å². The van der Waals surface area contributed by atoms with E-state index in [0.29, 0.717) is 0 Å². The molecule has 10 nitrogen and oxygen atoms in total. The number of amides is 2. The summed E-state index contributed by atoms with van der Waals surface area (Å²) in [4.78, 5) is 48.9. The average molecular weight is 687 g/mol. The Hall–Kier alpha value is -4.29. The van der Waals surface area contributed by atoms with Crippen molar-refractivity contribution in [3.05, 3.63) is 65.2 Å². The zero-order chi connectivity index (χ0) is 35.8. The SMILES string of the molecule is CC(C)(C)OC(=O)N1CCC(C(=O)OC(C)(C)C)(c2ccc3[nH]c(C(NC(=O)OCc4ccccc4)C4CCC(F)(F)CC4)nc3c2F)C1. The third-order valence-corrected chi connectivity index (χ3v) is 8.85. The summed E-state index contributed by atoms with van der Waals surface area (Å²) < 4.78 is 61.7. The van der Waals surface area contributed by atoms with Gasteiger partial charge in [0.1, 0.15) is 34.6 Å². The highest BCUT2D eigenvalue weighted by molar-refractivity contribution is 5.88. The third kappa shape index (κ3) is 8.48. The van der Waals surface area contributed by atoms with Crippen LogP contribution in [0.25, 0.3) is 11.0 Å². The summed E-state index contributed by atoms with van der Waals surface area (Å²) in [5.74, 6) is -4.56. The normalized spacial score (nSPS) is 20.6. The van der Waals surface area contributed by atoms with Gasteiger partial charge in [0.25, 0.3) is 0 Å². The van der Waals surface area contributed by atoms with Crippen LogP contribution in [0.15, 0.2) is 42.5 Å². The van der Waals surface area contributed by atoms with Crippen LogP contribution >= 0.6 is 0 Å². The molecule has 0 bridgehead atoms. The van der Waals surface area contributed by atoms with Crippen molar-refractivity contribution in [1.82, 2.24) is 20.2 Å². The van der Waals surface area contributed by atoms with E-state index in [0.717, 1.165) is 5.56 Å². The molecule has 0 spiro atoms. The molecule has 13 heteroatoms. The number of fused-ring (bicyclic) bond motifs is 1. The maximum Gasteiger partial charge on any atom is 0.410 e. The van der Waals surface area contributed by atoms with E-state index in [1.807, 2.05) is 18.2 Å². The average Bonchev–Trinajstić information content (AvgIpc) is 3.65. The van der Waals surface area contributed by atoms with Crippen molar-refractivity contribution in [3.63, 3.8) is 0 Å². The monoisotopic (exact) mass is 686 g/mol. The van der Waals surface area contributed by atoms with E-state index >= 15 is 4.39 Å². The number of hydrogen-bond donors (Lipinski definition) is 2. The molecule has 2 N–H and O–H groups in total. The lowest BCUT2D eigenvalue weighted by Gasteiger charge is -2.33. The van der Waals surface area contributed by atoms with Crippen molar-refractivity contribution in [2.45, 2.75) is 109 Å². The first-order valence-electron chi connectivity index (χ1n) is 16.6. The molecule has 0 radical (unpaired) electrons. The van der Waals surface area contributed by atoms with Crippen LogP contribution in [0.5, 0.6) is 0 Å². The van der Waals surface area contributed by atoms with Crippen LogP contribution in [-0.4, -0.2) is 63.2 Å². The summed E-state index contributed by atoms with van der Waals surface area (Å²) in [6.07, 6.45) is -1.85. The minimum atomic E-state index is -2.81. The quantitative estimate of drug-likeness (QED) is 0.193. The number of H-pyrrole nitrogens is 1. The van der Waals surface area contributed by atoms with Crippen LogP contribution in [0.1, 0.15) is 96.6 Å². The molecule has 3 aromatic rings. The van der Waals surface area contributed by atoms with Crippen LogP contribution < -0.4 is 5.32 Å². The van der Waals surface area contributed by atoms with Gasteiger partial charge in [-0.25, -0.2) is 27.7 Å². The molecule has 2 fully saturated rings. The van der Waals surface area contributed by atoms with Gasteiger partial charge in [0.2, 0.25) is 5.92 Å². The Bertz CT molecular complexity index is 1670. The lowest BCUT2D eigenvalue weighted by Crippen LogP contribution is -2.45. The molecule has 2 atom stereocenters. The van der Waals surface area contributed by atoms with Crippen LogP contribution in [0.2, 0.25) is 0 Å². The van der Waals surface area contributed by atoms with Crippen molar-refractivity contribution in [2.75, 3.05) is 13.1 Å². The molecule has 1 aliphatic carbocycles. The number of rotatable bonds is 7. The molecule has 1 aliphatic heterocycles. The zero-order valence-electron chi connectivity index (χ0n) is 28.8. The zero-order valence-corrected chi connectivity index (χ0v) is 28.8. The van der Waals surface area contributed by atoms with Crippen LogP contribution in [0.3, 0.4) is 0 Å². The first-order chi connectivity index (χ1) is 22.9. The van der Waals surface area contributed by atoms with E-state index < -0.39 is 58.5 Å². The lowest BCUT2D eigenvalue weighted by atomic mass is 9.79. The number of aromatic amines is 1. The number of halogens is 3. The van der Waals surface area contributed by atoms with Gasteiger partial charge in [-0.05, 0) is 78.4 Å². The summed E-state index contributed by atoms with van der Waals surface area (Å²) in [6.45, 7) is 10.3. The largest absolute Gasteiger partial charge is 0.459 e. The topological polar surface area (TPSA) is 123 Å². The van der Waals surface area contributed by atoms with E-state index in [9.17, 15) is 23.2 Å². The van der Waals surface area contributed by atoms with Gasteiger partial charge in [0, 0.05) is 31.5 Å². The second-order valence-electron chi connectivity index (χ2n) is 15.1. The summed E-state index contributed by atoms with van der Waals surface area (Å²) in [7, 11) is 0. The van der Waals surface area contributed by atoms with E-state index in [4.69, 9.17) is 14.2 Å². The van der Waals surface area contributed by atoms with Crippen molar-refractivity contribution in [1.29, 1.82) is 0 Å². The van der Waals surface area contributed by atoms with Gasteiger partial charge in [-0.3, -0.25) is 4.79 Å². The number of alkyl halides is 2. The van der Waals surface area contributed by atoms with Crippen molar-refractivity contribution in [2.24, 2.45) is 5.92 Å². The number of benzene rings is 2. The number of nitrogens with one attached hydrogen (secondary N) is 2. The van der Waals surface area contributed by atoms with Crippen molar-refractivity contribution in [3.8, 4) is 0 Å². The summed E-state index contributed by atoms with van der Waals surface area (Å²) in [5.41, 5.74) is -2.29. The highest BCUT2D eigenvalue weighted by Gasteiger charge is 2.52. The fraction of sp³-hybridized carbons (Fsp3) is 0.556. The highest BCUT2D eigenvalue weighted by atomic mass is 19.3. The highest BCUT2D eigenvalue weighted by Crippen LogP contribution is 2.43. The number of carbonyl (C=O) groups is 3. The molecule has 2 aliphatic rings. The Balaban J connectivity index is 1.48. The molecule has 2 unspecified atom stereocenters. The fourth-order valence-corrected chi connectivity index (χ4v) is 6.44. The van der Waals surface area contributed by atoms with Gasteiger partial charge in [-0.1, -0.05) is 36.4 Å². The number of imidazole rings is 1. The van der Waals surface area contributed by atoms with E-state index in [-0.39, 0.29) is 74.2 Å². The molecule has 5 rings (SSSR count). The predicted octanol–water partition coefficient (Wildman–Crippen LogP) is 7.72. The number of esters is 1. The maximum absolute atomic E-state index is 16.7. The fourth-order valence-electron chi connectivity index (χ4n) is 6.44. The summed E-state index contributed by atoms with van der Waals surface area (Å²) >= 11 is 0. The van der Waals surface area contributed by atoms with Crippen LogP contribution in [0.4, 0.5) is 22.8 Å². The summed E-state index contributed by atoms with van der Waals surface area (Å²) in [6, 6.07) is 11.2. The van der Waals surface area contributed by atoms with Crippen LogP contribution in [0, 0.1) is 11.7 Å². The van der Waals surface area contributed by atoms with Gasteiger partial charge in [0.15, 0.2) is 5.82 Å². The second kappa shape index (κ2) is 13.5. The molecule has 2 amide bonds. The Morgan fingerprint density at radius 3 is 2.27 bits per heavy atom. The molecule has 1 saturated carbocycles. The van der Waals surface area contributed by atoms with E-state index in [1.54, 1.807) is 59.7 Å². The van der Waals surface area contributed by atoms with Gasteiger partial charge in [0.05, 0.1) is 11.6 Å². The number of aromatic nitrogens is 2. The lowest BCUT2D eigenvalue weighted by molar-refractivity contribution is -0.161. The van der Waals surface area contributed by atoms with Crippen LogP contribution in [-0.2, 0) is 31.0 Å². The number of carbonyl (C=O) groups excluding carboxylic acids is 3. The first-order valence-corrected chi connectivity index (χ1v) is 16.6. The summed E-state index contributed by atoms with van der Waals surface area (Å²) in [5, 5.41) is 2.78. The van der Waals surface area contributed by atoms with Gasteiger partial charge in [-0.2, -0.15) is 0 Å². The van der Waals surface area contributed by atoms with E-state index in [1.165, 1.54) is 11.0 Å². The minimum Gasteiger partial charge on any atom is -0.459 e. The number of ether oxygens (including phenoxy) is 3. The van der Waals surface area contributed by atoms with Gasteiger partial charge in [-0.15, -0.1) is 0 Å². The molecule has 49 heavy (non-hydrogen) atoms. The Morgan fingerprint density at radius 2 is 1.63 bits per heavy atom. The van der Waals surface area contributed by atoms with Crippen molar-refractivity contribution < 1.29 is 41.8 Å². The molecule has 2 aromatic carbocycles. The molecule has 2 heterocycles. The second-order valence-corrected chi connectivity index (χ2v) is 15.1. The smallest absolute Gasteiger partial charge is 0.410 e. The standard InChI is InChI=1S/C36H45F3N4O6/c1-33(2,3)48-30(44)35(18-19-43(21-35)32(46)49-34(4,5)6)24-12-13-25-28(26(24)37)41-29(40-25)27(23-14-16-36(38,39)17-15-23)42-31(45)47-20-22-10-8-7-9-11-22/h7-13,23,27H,14-21H2,1-6H3,(H,40,41)(H,42,45). The maximum atomic E-state index is 16.7. The third-order valence-electron chi connectivity index (χ3n) is 8.85. The Morgan fingerprint density at radius 1 is 0.980 bits per heavy atom. The number of hydrogen-bond acceptors (Lipinski definition) is 7. The van der Waals surface area contributed by atoms with Crippen molar-refractivity contribution >= 4 is 29.2 Å². The molecule has 266 valence electrons. The molecule has 1 saturated heterocycles. The Kier molecular flexibility index (Phi) is 9.96. The molecular formula is C36H45F3N4O6. The minimum absolute atomic E-state index is 0.00227. The first kappa shape index (κ1) is 36.0.